The molecular formula is C26H26FN5O2S. The number of halogens is 1. The molecule has 0 atom stereocenters. The van der Waals surface area contributed by atoms with Gasteiger partial charge in [-0.3, -0.25) is 4.79 Å². The van der Waals surface area contributed by atoms with Gasteiger partial charge in [-0.15, -0.1) is 0 Å². The number of ether oxygens (including phenoxy) is 1. The third-order valence-electron chi connectivity index (χ3n) is 5.97. The minimum absolute atomic E-state index is 0.0869. The van der Waals surface area contributed by atoms with Crippen LogP contribution < -0.4 is 9.64 Å². The van der Waals surface area contributed by atoms with Crippen LogP contribution in [-0.4, -0.2) is 63.9 Å². The lowest BCUT2D eigenvalue weighted by molar-refractivity contribution is -0.128. The normalized spacial score (nSPS) is 13.9. The van der Waals surface area contributed by atoms with Crippen molar-refractivity contribution in [2.45, 2.75) is 11.9 Å². The van der Waals surface area contributed by atoms with Crippen LogP contribution in [0.15, 0.2) is 72.0 Å². The molecule has 0 saturated carbocycles. The summed E-state index contributed by atoms with van der Waals surface area (Å²) in [5.41, 5.74) is 3.68. The second-order valence-electron chi connectivity index (χ2n) is 8.18. The molecule has 0 N–H and O–H groups in total. The van der Waals surface area contributed by atoms with Crippen molar-refractivity contribution in [3.63, 3.8) is 0 Å². The number of thioether (sulfide) groups is 1. The van der Waals surface area contributed by atoms with Crippen LogP contribution in [0.3, 0.4) is 0 Å². The number of piperazine rings is 1. The summed E-state index contributed by atoms with van der Waals surface area (Å²) in [4.78, 5) is 21.4. The molecule has 4 aromatic rings. The molecule has 0 spiro atoms. The summed E-state index contributed by atoms with van der Waals surface area (Å²) < 4.78 is 20.5. The Balaban J connectivity index is 1.21. The first-order valence-corrected chi connectivity index (χ1v) is 12.6. The molecule has 180 valence electrons. The number of carbonyl (C=O) groups is 1. The van der Waals surface area contributed by atoms with Gasteiger partial charge in [0.05, 0.1) is 23.6 Å². The van der Waals surface area contributed by atoms with Gasteiger partial charge in [0.25, 0.3) is 0 Å². The Morgan fingerprint density at radius 1 is 1.06 bits per heavy atom. The van der Waals surface area contributed by atoms with Gasteiger partial charge in [-0.05, 0) is 61.5 Å². The van der Waals surface area contributed by atoms with Gasteiger partial charge in [-0.1, -0.05) is 11.8 Å². The lowest BCUT2D eigenvalue weighted by Gasteiger charge is -2.36. The molecule has 7 nitrogen and oxygen atoms in total. The maximum Gasteiger partial charge on any atom is 0.233 e. The molecule has 1 aliphatic heterocycles. The maximum absolute atomic E-state index is 13.2. The van der Waals surface area contributed by atoms with Crippen LogP contribution in [0.2, 0.25) is 0 Å². The highest BCUT2D eigenvalue weighted by atomic mass is 32.2. The highest BCUT2D eigenvalue weighted by molar-refractivity contribution is 8.00. The molecule has 1 aliphatic rings. The van der Waals surface area contributed by atoms with Gasteiger partial charge in [0.15, 0.2) is 0 Å². The summed E-state index contributed by atoms with van der Waals surface area (Å²) >= 11 is 1.43. The first kappa shape index (κ1) is 23.2. The summed E-state index contributed by atoms with van der Waals surface area (Å²) in [6.45, 7) is 5.32. The molecule has 0 unspecified atom stereocenters. The van der Waals surface area contributed by atoms with E-state index in [0.717, 1.165) is 46.3 Å². The van der Waals surface area contributed by atoms with Crippen molar-refractivity contribution in [3.8, 4) is 17.0 Å². The van der Waals surface area contributed by atoms with Crippen molar-refractivity contribution in [3.05, 3.63) is 72.8 Å². The number of fused-ring (bicyclic) bond motifs is 1. The van der Waals surface area contributed by atoms with Gasteiger partial charge in [-0.25, -0.2) is 13.9 Å². The minimum Gasteiger partial charge on any atom is -0.494 e. The van der Waals surface area contributed by atoms with E-state index in [4.69, 9.17) is 4.74 Å². The Kier molecular flexibility index (Phi) is 6.85. The predicted octanol–water partition coefficient (Wildman–Crippen LogP) is 4.38. The molecular weight excluding hydrogens is 465 g/mol. The lowest BCUT2D eigenvalue weighted by Crippen LogP contribution is -2.49. The smallest absolute Gasteiger partial charge is 0.233 e. The summed E-state index contributed by atoms with van der Waals surface area (Å²) in [5, 5.41) is 5.45. The zero-order chi connectivity index (χ0) is 24.2. The van der Waals surface area contributed by atoms with Crippen molar-refractivity contribution in [1.82, 2.24) is 19.5 Å². The van der Waals surface area contributed by atoms with Gasteiger partial charge in [-0.2, -0.15) is 5.10 Å². The van der Waals surface area contributed by atoms with E-state index in [1.807, 2.05) is 48.4 Å². The van der Waals surface area contributed by atoms with Crippen LogP contribution in [-0.2, 0) is 4.79 Å². The van der Waals surface area contributed by atoms with Gasteiger partial charge < -0.3 is 14.5 Å². The topological polar surface area (TPSA) is 63.0 Å². The van der Waals surface area contributed by atoms with Gasteiger partial charge in [0.1, 0.15) is 16.6 Å². The highest BCUT2D eigenvalue weighted by Crippen LogP contribution is 2.27. The first-order valence-electron chi connectivity index (χ1n) is 11.6. The number of amides is 1. The molecule has 35 heavy (non-hydrogen) atoms. The molecule has 1 amide bonds. The average Bonchev–Trinajstić information content (AvgIpc) is 3.34. The van der Waals surface area contributed by atoms with Crippen molar-refractivity contribution < 1.29 is 13.9 Å². The zero-order valence-electron chi connectivity index (χ0n) is 19.4. The Morgan fingerprint density at radius 2 is 1.80 bits per heavy atom. The Bertz CT molecular complexity index is 1300. The van der Waals surface area contributed by atoms with Crippen LogP contribution in [0.1, 0.15) is 6.92 Å². The molecule has 2 aromatic heterocycles. The molecule has 5 rings (SSSR count). The van der Waals surface area contributed by atoms with E-state index in [2.05, 4.69) is 15.0 Å². The Hall–Kier alpha value is -3.59. The van der Waals surface area contributed by atoms with E-state index in [-0.39, 0.29) is 11.7 Å². The SMILES string of the molecule is CCOc1ccc(-c2cc3c(SCC(=O)N4CCN(c5ccc(F)cc5)CC4)nccn3n2)cc1. The maximum atomic E-state index is 13.2. The second kappa shape index (κ2) is 10.4. The number of nitrogens with zero attached hydrogens (tertiary/aromatic N) is 5. The molecule has 9 heteroatoms. The summed E-state index contributed by atoms with van der Waals surface area (Å²) in [7, 11) is 0. The number of benzene rings is 2. The molecule has 0 aliphatic carbocycles. The number of anilines is 1. The van der Waals surface area contributed by atoms with Crippen molar-refractivity contribution in [2.24, 2.45) is 0 Å². The van der Waals surface area contributed by atoms with E-state index < -0.39 is 0 Å². The summed E-state index contributed by atoms with van der Waals surface area (Å²) in [6.07, 6.45) is 3.52. The number of hydrogen-bond donors (Lipinski definition) is 0. The van der Waals surface area contributed by atoms with E-state index in [1.165, 1.54) is 23.9 Å². The number of rotatable bonds is 7. The monoisotopic (exact) mass is 491 g/mol. The van der Waals surface area contributed by atoms with E-state index in [9.17, 15) is 9.18 Å². The largest absolute Gasteiger partial charge is 0.494 e. The fourth-order valence-corrected chi connectivity index (χ4v) is 5.00. The molecule has 0 bridgehead atoms. The molecule has 0 radical (unpaired) electrons. The quantitative estimate of drug-likeness (QED) is 0.358. The zero-order valence-corrected chi connectivity index (χ0v) is 20.2. The predicted molar refractivity (Wildman–Crippen MR) is 136 cm³/mol. The molecule has 2 aromatic carbocycles. The Labute approximate surface area is 207 Å². The van der Waals surface area contributed by atoms with Crippen LogP contribution in [0.25, 0.3) is 16.8 Å². The third-order valence-corrected chi connectivity index (χ3v) is 6.95. The fraction of sp³-hybridized carbons (Fsp3) is 0.269. The fourth-order valence-electron chi connectivity index (χ4n) is 4.13. The van der Waals surface area contributed by atoms with Gasteiger partial charge in [0.2, 0.25) is 5.91 Å². The van der Waals surface area contributed by atoms with Gasteiger partial charge >= 0.3 is 0 Å². The molecule has 3 heterocycles. The van der Waals surface area contributed by atoms with Crippen molar-refractivity contribution in [1.29, 1.82) is 0 Å². The van der Waals surface area contributed by atoms with Crippen LogP contribution in [0, 0.1) is 5.82 Å². The van der Waals surface area contributed by atoms with Crippen LogP contribution in [0.5, 0.6) is 5.75 Å². The summed E-state index contributed by atoms with van der Waals surface area (Å²) in [5.74, 6) is 0.985. The van der Waals surface area contributed by atoms with Gasteiger partial charge in [0, 0.05) is 49.8 Å². The van der Waals surface area contributed by atoms with Crippen LogP contribution >= 0.6 is 11.8 Å². The molecule has 1 saturated heterocycles. The first-order chi connectivity index (χ1) is 17.1. The highest BCUT2D eigenvalue weighted by Gasteiger charge is 2.22. The Morgan fingerprint density at radius 3 is 2.51 bits per heavy atom. The lowest BCUT2D eigenvalue weighted by atomic mass is 10.1. The van der Waals surface area contributed by atoms with E-state index in [0.29, 0.717) is 25.4 Å². The standard InChI is InChI=1S/C26H26FN5O2S/c1-2-34-22-9-3-19(4-10-22)23-17-24-26(28-11-12-32(24)29-23)35-18-25(33)31-15-13-30(14-16-31)21-7-5-20(27)6-8-21/h3-12,17H,2,13-16,18H2,1H3. The summed E-state index contributed by atoms with van der Waals surface area (Å²) in [6, 6.07) is 16.3. The molecule has 1 fully saturated rings. The number of carbonyl (C=O) groups excluding carboxylic acids is 1. The van der Waals surface area contributed by atoms with Crippen LogP contribution in [0.4, 0.5) is 10.1 Å². The van der Waals surface area contributed by atoms with E-state index in [1.54, 1.807) is 22.8 Å². The minimum atomic E-state index is -0.243. The second-order valence-corrected chi connectivity index (χ2v) is 9.15. The number of aromatic nitrogens is 3. The van der Waals surface area contributed by atoms with Crippen molar-refractivity contribution in [2.75, 3.05) is 43.4 Å². The third kappa shape index (κ3) is 5.24. The van der Waals surface area contributed by atoms with E-state index >= 15 is 0 Å². The van der Waals surface area contributed by atoms with Crippen molar-refractivity contribution >= 4 is 28.9 Å². The average molecular weight is 492 g/mol. The number of hydrogen-bond acceptors (Lipinski definition) is 6.